The molecule has 1 saturated heterocycles. The van der Waals surface area contributed by atoms with Gasteiger partial charge in [-0.1, -0.05) is 17.3 Å². The van der Waals surface area contributed by atoms with Gasteiger partial charge in [0.1, 0.15) is 12.4 Å². The van der Waals surface area contributed by atoms with Crippen molar-refractivity contribution in [1.29, 1.82) is 0 Å². The summed E-state index contributed by atoms with van der Waals surface area (Å²) in [6.07, 6.45) is 2.03. The number of thioether (sulfide) groups is 1. The number of benzene rings is 1. The summed E-state index contributed by atoms with van der Waals surface area (Å²) in [5, 5.41) is 3.77. The Kier molecular flexibility index (Phi) is 5.57. The summed E-state index contributed by atoms with van der Waals surface area (Å²) in [7, 11) is 0. The number of hydrogen-bond acceptors (Lipinski definition) is 6. The quantitative estimate of drug-likeness (QED) is 0.637. The first kappa shape index (κ1) is 19.5. The highest BCUT2D eigenvalue weighted by Crippen LogP contribution is 2.19. The smallest absolute Gasteiger partial charge is 0.292 e. The number of aryl methyl sites for hydroxylation is 1. The third kappa shape index (κ3) is 4.00. The van der Waals surface area contributed by atoms with Gasteiger partial charge in [0.05, 0.1) is 22.5 Å². The third-order valence-electron chi connectivity index (χ3n) is 5.06. The summed E-state index contributed by atoms with van der Waals surface area (Å²) in [5.41, 5.74) is 2.55. The van der Waals surface area contributed by atoms with E-state index in [1.807, 2.05) is 40.0 Å². The van der Waals surface area contributed by atoms with E-state index in [1.165, 1.54) is 0 Å². The van der Waals surface area contributed by atoms with Crippen molar-refractivity contribution in [3.8, 4) is 0 Å². The SMILES string of the molecule is CSCc1nc2ccccc2n1CC(=O)N1CCN(C(=O)c2cc(C)no2)CC1. The molecule has 1 fully saturated rings. The van der Waals surface area contributed by atoms with Crippen molar-refractivity contribution >= 4 is 34.6 Å². The van der Waals surface area contributed by atoms with E-state index in [0.29, 0.717) is 31.9 Å². The predicted octanol–water partition coefficient (Wildman–Crippen LogP) is 2.18. The van der Waals surface area contributed by atoms with Crippen molar-refractivity contribution in [1.82, 2.24) is 24.5 Å². The molecule has 3 aromatic rings. The van der Waals surface area contributed by atoms with Crippen LogP contribution in [0.3, 0.4) is 0 Å². The number of amides is 2. The van der Waals surface area contributed by atoms with E-state index in [0.717, 1.165) is 22.6 Å². The zero-order valence-electron chi connectivity index (χ0n) is 16.5. The summed E-state index contributed by atoms with van der Waals surface area (Å²) in [6.45, 7) is 4.00. The molecular weight excluding hydrogens is 390 g/mol. The number of carbonyl (C=O) groups excluding carboxylic acids is 2. The normalized spacial score (nSPS) is 14.6. The summed E-state index contributed by atoms with van der Waals surface area (Å²) >= 11 is 1.68. The molecule has 8 nitrogen and oxygen atoms in total. The van der Waals surface area contributed by atoms with Crippen molar-refractivity contribution in [2.45, 2.75) is 19.2 Å². The minimum Gasteiger partial charge on any atom is -0.351 e. The second-order valence-corrected chi connectivity index (χ2v) is 7.91. The molecule has 0 N–H and O–H groups in total. The molecule has 152 valence electrons. The first-order valence-corrected chi connectivity index (χ1v) is 10.9. The first-order chi connectivity index (χ1) is 14.1. The molecule has 2 aromatic heterocycles. The maximum Gasteiger partial charge on any atom is 0.292 e. The van der Waals surface area contributed by atoms with Crippen molar-refractivity contribution < 1.29 is 14.1 Å². The molecule has 3 heterocycles. The molecular formula is C20H23N5O3S. The van der Waals surface area contributed by atoms with Gasteiger partial charge in [-0.05, 0) is 25.3 Å². The van der Waals surface area contributed by atoms with Gasteiger partial charge in [-0.15, -0.1) is 0 Å². The number of fused-ring (bicyclic) bond motifs is 1. The summed E-state index contributed by atoms with van der Waals surface area (Å²) in [4.78, 5) is 33.6. The van der Waals surface area contributed by atoms with Crippen LogP contribution in [-0.4, -0.2) is 68.8 Å². The topological polar surface area (TPSA) is 84.5 Å². The molecule has 4 rings (SSSR count). The van der Waals surface area contributed by atoms with Gasteiger partial charge in [0.15, 0.2) is 0 Å². The zero-order chi connectivity index (χ0) is 20.4. The number of para-hydroxylation sites is 2. The van der Waals surface area contributed by atoms with Crippen LogP contribution in [0.1, 0.15) is 22.1 Å². The maximum atomic E-state index is 13.0. The Balaban J connectivity index is 1.42. The van der Waals surface area contributed by atoms with Crippen LogP contribution in [0, 0.1) is 6.92 Å². The van der Waals surface area contributed by atoms with Gasteiger partial charge in [-0.2, -0.15) is 11.8 Å². The molecule has 0 atom stereocenters. The molecule has 2 amide bonds. The van der Waals surface area contributed by atoms with E-state index in [1.54, 1.807) is 29.7 Å². The Morgan fingerprint density at radius 3 is 2.55 bits per heavy atom. The molecule has 1 aromatic carbocycles. The average Bonchev–Trinajstić information content (AvgIpc) is 3.32. The Bertz CT molecular complexity index is 1040. The van der Waals surface area contributed by atoms with Gasteiger partial charge in [0, 0.05) is 32.2 Å². The van der Waals surface area contributed by atoms with E-state index >= 15 is 0 Å². The molecule has 9 heteroatoms. The first-order valence-electron chi connectivity index (χ1n) is 9.50. The van der Waals surface area contributed by atoms with Crippen LogP contribution < -0.4 is 0 Å². The summed E-state index contributed by atoms with van der Waals surface area (Å²) in [6, 6.07) is 9.52. The molecule has 0 radical (unpaired) electrons. The van der Waals surface area contributed by atoms with E-state index in [4.69, 9.17) is 4.52 Å². The van der Waals surface area contributed by atoms with Crippen LogP contribution in [0.2, 0.25) is 0 Å². The molecule has 0 spiro atoms. The molecule has 1 aliphatic rings. The lowest BCUT2D eigenvalue weighted by Crippen LogP contribution is -2.51. The third-order valence-corrected chi connectivity index (χ3v) is 5.61. The fourth-order valence-electron chi connectivity index (χ4n) is 3.56. The molecule has 0 aliphatic carbocycles. The van der Waals surface area contributed by atoms with Gasteiger partial charge < -0.3 is 18.9 Å². The van der Waals surface area contributed by atoms with Crippen LogP contribution in [0.25, 0.3) is 11.0 Å². The Morgan fingerprint density at radius 1 is 1.14 bits per heavy atom. The largest absolute Gasteiger partial charge is 0.351 e. The van der Waals surface area contributed by atoms with Gasteiger partial charge in [0.25, 0.3) is 5.91 Å². The van der Waals surface area contributed by atoms with Crippen LogP contribution in [-0.2, 0) is 17.1 Å². The highest BCUT2D eigenvalue weighted by atomic mass is 32.2. The number of imidazole rings is 1. The molecule has 0 bridgehead atoms. The lowest BCUT2D eigenvalue weighted by Gasteiger charge is -2.34. The number of nitrogens with zero attached hydrogens (tertiary/aromatic N) is 5. The number of carbonyl (C=O) groups is 2. The van der Waals surface area contributed by atoms with Crippen molar-refractivity contribution in [2.75, 3.05) is 32.4 Å². The highest BCUT2D eigenvalue weighted by molar-refractivity contribution is 7.97. The minimum absolute atomic E-state index is 0.0399. The maximum absolute atomic E-state index is 13.0. The van der Waals surface area contributed by atoms with Crippen molar-refractivity contribution in [3.63, 3.8) is 0 Å². The fraction of sp³-hybridized carbons (Fsp3) is 0.400. The van der Waals surface area contributed by atoms with E-state index in [2.05, 4.69) is 10.1 Å². The predicted molar refractivity (Wildman–Crippen MR) is 111 cm³/mol. The van der Waals surface area contributed by atoms with Gasteiger partial charge in [-0.25, -0.2) is 4.98 Å². The zero-order valence-corrected chi connectivity index (χ0v) is 17.3. The lowest BCUT2D eigenvalue weighted by atomic mass is 10.2. The number of piperazine rings is 1. The van der Waals surface area contributed by atoms with E-state index in [-0.39, 0.29) is 24.1 Å². The standard InChI is InChI=1S/C20H23N5O3S/c1-14-11-17(28-22-14)20(27)24-9-7-23(8-10-24)19(26)12-25-16-6-4-3-5-15(16)21-18(25)13-29-2/h3-6,11H,7-10,12-13H2,1-2H3. The second kappa shape index (κ2) is 8.28. The fourth-order valence-corrected chi connectivity index (χ4v) is 4.03. The number of hydrogen-bond donors (Lipinski definition) is 0. The minimum atomic E-state index is -0.180. The lowest BCUT2D eigenvalue weighted by molar-refractivity contribution is -0.133. The summed E-state index contributed by atoms with van der Waals surface area (Å²) in [5.74, 6) is 1.76. The Hall–Kier alpha value is -2.81. The van der Waals surface area contributed by atoms with Crippen LogP contribution in [0.4, 0.5) is 0 Å². The van der Waals surface area contributed by atoms with Gasteiger partial charge in [-0.3, -0.25) is 9.59 Å². The summed E-state index contributed by atoms with van der Waals surface area (Å²) < 4.78 is 7.07. The molecule has 0 unspecified atom stereocenters. The molecule has 29 heavy (non-hydrogen) atoms. The van der Waals surface area contributed by atoms with Gasteiger partial charge in [0.2, 0.25) is 11.7 Å². The van der Waals surface area contributed by atoms with Crippen LogP contribution >= 0.6 is 11.8 Å². The average molecular weight is 414 g/mol. The van der Waals surface area contributed by atoms with Crippen molar-refractivity contribution in [2.24, 2.45) is 0 Å². The van der Waals surface area contributed by atoms with E-state index < -0.39 is 0 Å². The number of rotatable bonds is 5. The monoisotopic (exact) mass is 413 g/mol. The van der Waals surface area contributed by atoms with Crippen molar-refractivity contribution in [3.05, 3.63) is 47.6 Å². The second-order valence-electron chi connectivity index (χ2n) is 7.04. The number of aromatic nitrogens is 3. The Morgan fingerprint density at radius 2 is 1.86 bits per heavy atom. The molecule has 1 aliphatic heterocycles. The van der Waals surface area contributed by atoms with Crippen LogP contribution in [0.5, 0.6) is 0 Å². The van der Waals surface area contributed by atoms with Gasteiger partial charge >= 0.3 is 0 Å². The van der Waals surface area contributed by atoms with Crippen LogP contribution in [0.15, 0.2) is 34.9 Å². The Labute approximate surface area is 172 Å². The van der Waals surface area contributed by atoms with E-state index in [9.17, 15) is 9.59 Å². The highest BCUT2D eigenvalue weighted by Gasteiger charge is 2.27. The molecule has 0 saturated carbocycles.